The van der Waals surface area contributed by atoms with Gasteiger partial charge in [0.25, 0.3) is 0 Å². The molecule has 1 N–H and O–H groups in total. The Morgan fingerprint density at radius 1 is 1.19 bits per heavy atom. The van der Waals surface area contributed by atoms with Gasteiger partial charge >= 0.3 is 0 Å². The van der Waals surface area contributed by atoms with Gasteiger partial charge in [0.15, 0.2) is 11.5 Å². The zero-order valence-corrected chi connectivity index (χ0v) is 12.8. The predicted molar refractivity (Wildman–Crippen MR) is 84.5 cm³/mol. The quantitative estimate of drug-likeness (QED) is 0.873. The van der Waals surface area contributed by atoms with E-state index in [-0.39, 0.29) is 0 Å². The van der Waals surface area contributed by atoms with Crippen LogP contribution in [0.3, 0.4) is 0 Å². The van der Waals surface area contributed by atoms with Crippen molar-refractivity contribution in [2.24, 2.45) is 0 Å². The number of rotatable bonds is 3. The number of fused-ring (bicyclic) bond motifs is 1. The minimum Gasteiger partial charge on any atom is -0.490 e. The van der Waals surface area contributed by atoms with E-state index < -0.39 is 0 Å². The summed E-state index contributed by atoms with van der Waals surface area (Å²) in [6.07, 6.45) is 2.83. The monoisotopic (exact) mass is 302 g/mol. The molecule has 4 nitrogen and oxygen atoms in total. The molecule has 5 heteroatoms. The number of aromatic nitrogens is 2. The molecule has 0 saturated carbocycles. The standard InChI is InChI=1S/C16H18N2O2S/c1-2-4-15-17-12(10-16(21)18-15)11-5-6-13-14(9-11)20-8-3-7-19-13/h5-6,9-10H,2-4,7-8H2,1H3,(H,17,18,21). The fraction of sp³-hybridized carbons (Fsp3) is 0.375. The Labute approximate surface area is 129 Å². The van der Waals surface area contributed by atoms with Crippen molar-refractivity contribution in [1.29, 1.82) is 0 Å². The number of hydrogen-bond donors (Lipinski definition) is 1. The molecule has 0 spiro atoms. The van der Waals surface area contributed by atoms with Gasteiger partial charge in [-0.1, -0.05) is 19.1 Å². The summed E-state index contributed by atoms with van der Waals surface area (Å²) in [5.41, 5.74) is 2.00. The molecule has 0 bridgehead atoms. The van der Waals surface area contributed by atoms with Gasteiger partial charge in [-0.25, -0.2) is 4.98 Å². The molecule has 110 valence electrons. The first-order valence-corrected chi connectivity index (χ1v) is 7.67. The lowest BCUT2D eigenvalue weighted by molar-refractivity contribution is 0.297. The van der Waals surface area contributed by atoms with Crippen LogP contribution in [0.1, 0.15) is 25.6 Å². The van der Waals surface area contributed by atoms with Crippen molar-refractivity contribution in [1.82, 2.24) is 9.97 Å². The summed E-state index contributed by atoms with van der Waals surface area (Å²) in [5.74, 6) is 2.52. The molecule has 0 fully saturated rings. The fourth-order valence-corrected chi connectivity index (χ4v) is 2.58. The molecule has 2 heterocycles. The van der Waals surface area contributed by atoms with Crippen LogP contribution < -0.4 is 9.47 Å². The van der Waals surface area contributed by atoms with Crippen LogP contribution in [-0.4, -0.2) is 23.2 Å². The lowest BCUT2D eigenvalue weighted by Gasteiger charge is -2.10. The van der Waals surface area contributed by atoms with Crippen LogP contribution in [0.2, 0.25) is 0 Å². The van der Waals surface area contributed by atoms with Gasteiger partial charge in [0, 0.05) is 24.1 Å². The number of H-pyrrole nitrogens is 1. The number of nitrogens with one attached hydrogen (secondary N) is 1. The summed E-state index contributed by atoms with van der Waals surface area (Å²) >= 11 is 5.26. The van der Waals surface area contributed by atoms with E-state index in [1.165, 1.54) is 0 Å². The normalized spacial score (nSPS) is 13.8. The molecule has 0 atom stereocenters. The van der Waals surface area contributed by atoms with Crippen LogP contribution in [0.25, 0.3) is 11.3 Å². The SMILES string of the molecule is CCCc1nc(=S)cc(-c2ccc3c(c2)OCCCO3)[nH]1. The second kappa shape index (κ2) is 6.26. The van der Waals surface area contributed by atoms with Crippen LogP contribution in [0.5, 0.6) is 11.5 Å². The van der Waals surface area contributed by atoms with Gasteiger partial charge in [0.1, 0.15) is 10.5 Å². The van der Waals surface area contributed by atoms with E-state index in [0.717, 1.165) is 47.8 Å². The van der Waals surface area contributed by atoms with Crippen LogP contribution >= 0.6 is 12.2 Å². The third kappa shape index (κ3) is 3.24. The molecule has 2 aromatic rings. The number of aryl methyl sites for hydroxylation is 1. The summed E-state index contributed by atoms with van der Waals surface area (Å²) in [5, 5.41) is 0. The molecule has 21 heavy (non-hydrogen) atoms. The Balaban J connectivity index is 2.00. The Hall–Kier alpha value is -1.88. The molecule has 1 aromatic carbocycles. The number of hydrogen-bond acceptors (Lipinski definition) is 4. The molecule has 0 radical (unpaired) electrons. The Kier molecular flexibility index (Phi) is 4.20. The average molecular weight is 302 g/mol. The van der Waals surface area contributed by atoms with E-state index in [0.29, 0.717) is 17.9 Å². The Morgan fingerprint density at radius 2 is 2.00 bits per heavy atom. The molecule has 0 unspecified atom stereocenters. The van der Waals surface area contributed by atoms with Crippen molar-refractivity contribution < 1.29 is 9.47 Å². The first-order chi connectivity index (χ1) is 10.3. The summed E-state index contributed by atoms with van der Waals surface area (Å²) in [4.78, 5) is 7.71. The highest BCUT2D eigenvalue weighted by Crippen LogP contribution is 2.33. The summed E-state index contributed by atoms with van der Waals surface area (Å²) in [6.45, 7) is 3.51. The molecule has 0 saturated heterocycles. The molecular formula is C16H18N2O2S. The average Bonchev–Trinajstić information content (AvgIpc) is 2.71. The Morgan fingerprint density at radius 3 is 2.81 bits per heavy atom. The number of aromatic amines is 1. The van der Waals surface area contributed by atoms with Gasteiger partial charge in [-0.15, -0.1) is 0 Å². The van der Waals surface area contributed by atoms with Crippen LogP contribution in [0.4, 0.5) is 0 Å². The van der Waals surface area contributed by atoms with Crippen molar-refractivity contribution in [3.63, 3.8) is 0 Å². The molecular weight excluding hydrogens is 284 g/mol. The van der Waals surface area contributed by atoms with E-state index in [1.54, 1.807) is 0 Å². The highest BCUT2D eigenvalue weighted by Gasteiger charge is 2.12. The van der Waals surface area contributed by atoms with Crippen LogP contribution in [0, 0.1) is 4.64 Å². The van der Waals surface area contributed by atoms with E-state index >= 15 is 0 Å². The summed E-state index contributed by atoms with van der Waals surface area (Å²) < 4.78 is 12.0. The van der Waals surface area contributed by atoms with Gasteiger partial charge in [0.05, 0.1) is 13.2 Å². The second-order valence-corrected chi connectivity index (χ2v) is 5.46. The van der Waals surface area contributed by atoms with E-state index in [1.807, 2.05) is 24.3 Å². The number of ether oxygens (including phenoxy) is 2. The van der Waals surface area contributed by atoms with Crippen molar-refractivity contribution in [2.75, 3.05) is 13.2 Å². The van der Waals surface area contributed by atoms with E-state index in [9.17, 15) is 0 Å². The number of nitrogens with zero attached hydrogens (tertiary/aromatic N) is 1. The minimum absolute atomic E-state index is 0.610. The van der Waals surface area contributed by atoms with E-state index in [2.05, 4.69) is 16.9 Å². The summed E-state index contributed by atoms with van der Waals surface area (Å²) in [6, 6.07) is 7.85. The van der Waals surface area contributed by atoms with Gasteiger partial charge in [-0.2, -0.15) is 0 Å². The van der Waals surface area contributed by atoms with Crippen molar-refractivity contribution in [2.45, 2.75) is 26.2 Å². The first-order valence-electron chi connectivity index (χ1n) is 7.26. The van der Waals surface area contributed by atoms with Gasteiger partial charge in [0.2, 0.25) is 0 Å². The van der Waals surface area contributed by atoms with Crippen molar-refractivity contribution in [3.8, 4) is 22.8 Å². The minimum atomic E-state index is 0.610. The fourth-order valence-electron chi connectivity index (χ4n) is 2.35. The maximum Gasteiger partial charge on any atom is 0.161 e. The highest BCUT2D eigenvalue weighted by atomic mass is 32.1. The maximum atomic E-state index is 5.74. The lowest BCUT2D eigenvalue weighted by atomic mass is 10.1. The zero-order valence-electron chi connectivity index (χ0n) is 12.0. The number of benzene rings is 1. The third-order valence-corrected chi connectivity index (χ3v) is 3.55. The Bertz CT molecular complexity index is 697. The lowest BCUT2D eigenvalue weighted by Crippen LogP contribution is -1.98. The molecule has 3 rings (SSSR count). The van der Waals surface area contributed by atoms with Gasteiger partial charge in [-0.3, -0.25) is 0 Å². The van der Waals surface area contributed by atoms with Crippen molar-refractivity contribution >= 4 is 12.2 Å². The molecule has 1 aliphatic heterocycles. The van der Waals surface area contributed by atoms with Crippen LogP contribution in [-0.2, 0) is 6.42 Å². The highest BCUT2D eigenvalue weighted by molar-refractivity contribution is 7.71. The van der Waals surface area contributed by atoms with Gasteiger partial charge in [-0.05, 0) is 30.7 Å². The molecule has 0 amide bonds. The van der Waals surface area contributed by atoms with Gasteiger partial charge < -0.3 is 14.5 Å². The molecule has 1 aromatic heterocycles. The van der Waals surface area contributed by atoms with E-state index in [4.69, 9.17) is 21.7 Å². The largest absolute Gasteiger partial charge is 0.490 e. The smallest absolute Gasteiger partial charge is 0.161 e. The predicted octanol–water partition coefficient (Wildman–Crippen LogP) is 3.92. The molecule has 1 aliphatic rings. The maximum absolute atomic E-state index is 5.74. The van der Waals surface area contributed by atoms with Crippen molar-refractivity contribution in [3.05, 3.63) is 34.7 Å². The third-order valence-electron chi connectivity index (χ3n) is 3.34. The molecule has 0 aliphatic carbocycles. The first kappa shape index (κ1) is 14.1. The summed E-state index contributed by atoms with van der Waals surface area (Å²) in [7, 11) is 0. The van der Waals surface area contributed by atoms with Crippen LogP contribution in [0.15, 0.2) is 24.3 Å². The topological polar surface area (TPSA) is 47.1 Å². The second-order valence-electron chi connectivity index (χ2n) is 5.04. The zero-order chi connectivity index (χ0) is 14.7.